The second kappa shape index (κ2) is 14.6. The predicted molar refractivity (Wildman–Crippen MR) is 166 cm³/mol. The molecule has 0 spiro atoms. The van der Waals surface area contributed by atoms with Gasteiger partial charge in [0.2, 0.25) is 0 Å². The van der Waals surface area contributed by atoms with E-state index in [2.05, 4.69) is 102 Å². The maximum atomic E-state index is 14.3. The van der Waals surface area contributed by atoms with Crippen LogP contribution >= 0.6 is 0 Å². The summed E-state index contributed by atoms with van der Waals surface area (Å²) in [5.41, 5.74) is 1.46. The van der Waals surface area contributed by atoms with Gasteiger partial charge < -0.3 is 5.11 Å². The van der Waals surface area contributed by atoms with Crippen molar-refractivity contribution in [3.05, 3.63) is 34.4 Å². The average Bonchev–Trinajstić information content (AvgIpc) is 2.84. The molecule has 226 valence electrons. The second-order valence-electron chi connectivity index (χ2n) is 14.3. The van der Waals surface area contributed by atoms with Gasteiger partial charge in [-0.3, -0.25) is 4.79 Å². The molecule has 0 aromatic heterocycles. The van der Waals surface area contributed by atoms with E-state index in [1.165, 1.54) is 0 Å². The Bertz CT molecular complexity index is 863. The topological polar surface area (TPSA) is 55.8 Å². The van der Waals surface area contributed by atoms with Crippen molar-refractivity contribution in [1.82, 2.24) is 0 Å². The highest BCUT2D eigenvalue weighted by Crippen LogP contribution is 2.42. The van der Waals surface area contributed by atoms with Gasteiger partial charge in [-0.1, -0.05) is 114 Å². The smallest absolute Gasteiger partial charge is 0.194 e. The van der Waals surface area contributed by atoms with Crippen LogP contribution in [0.25, 0.3) is 0 Å². The molecule has 1 aromatic rings. The van der Waals surface area contributed by atoms with Crippen molar-refractivity contribution < 1.29 is 19.7 Å². The molecule has 0 saturated carbocycles. The Kier molecular flexibility index (Phi) is 13.4. The normalized spacial score (nSPS) is 13.5. The van der Waals surface area contributed by atoms with Crippen LogP contribution in [0.3, 0.4) is 0 Å². The predicted octanol–water partition coefficient (Wildman–Crippen LogP) is 10.4. The molecule has 0 atom stereocenters. The fraction of sp³-hybridized carbons (Fsp3) is 0.800. The number of ketones is 1. The van der Waals surface area contributed by atoms with Crippen LogP contribution in [0.4, 0.5) is 0 Å². The molecule has 1 rings (SSSR count). The van der Waals surface area contributed by atoms with E-state index in [0.29, 0.717) is 18.4 Å². The number of unbranched alkanes of at least 4 members (excludes halogenated alkanes) is 2. The molecule has 0 unspecified atom stereocenters. The molecular weight excluding hydrogens is 484 g/mol. The Hall–Kier alpha value is -1.23. The van der Waals surface area contributed by atoms with Crippen molar-refractivity contribution in [3.8, 4) is 0 Å². The molecule has 1 N–H and O–H groups in total. The molecular formula is C35H62O4. The molecule has 0 aliphatic rings. The summed E-state index contributed by atoms with van der Waals surface area (Å²) >= 11 is 0. The van der Waals surface area contributed by atoms with E-state index in [1.807, 2.05) is 0 Å². The Morgan fingerprint density at radius 3 is 1.56 bits per heavy atom. The molecule has 0 fully saturated rings. The lowest BCUT2D eigenvalue weighted by atomic mass is 9.75. The first-order valence-corrected chi connectivity index (χ1v) is 15.7. The quantitative estimate of drug-likeness (QED) is 0.120. The monoisotopic (exact) mass is 546 g/mol. The molecule has 0 saturated heterocycles. The van der Waals surface area contributed by atoms with Gasteiger partial charge in [0.15, 0.2) is 5.78 Å². The van der Waals surface area contributed by atoms with Crippen molar-refractivity contribution in [1.29, 1.82) is 0 Å². The van der Waals surface area contributed by atoms with Gasteiger partial charge >= 0.3 is 0 Å². The summed E-state index contributed by atoms with van der Waals surface area (Å²) < 4.78 is 0. The van der Waals surface area contributed by atoms with Crippen LogP contribution in [-0.4, -0.2) is 22.1 Å². The fourth-order valence-corrected chi connectivity index (χ4v) is 5.97. The molecule has 0 aliphatic heterocycles. The lowest BCUT2D eigenvalue weighted by Gasteiger charge is -2.38. The molecule has 0 bridgehead atoms. The van der Waals surface area contributed by atoms with Crippen LogP contribution in [0.15, 0.2) is 12.1 Å². The summed E-state index contributed by atoms with van der Waals surface area (Å²) in [5, 5.41) is 11.8. The lowest BCUT2D eigenvalue weighted by molar-refractivity contribution is -0.417. The third kappa shape index (κ3) is 9.68. The first-order chi connectivity index (χ1) is 17.9. The van der Waals surface area contributed by atoms with Gasteiger partial charge in [-0.15, -0.1) is 0 Å². The summed E-state index contributed by atoms with van der Waals surface area (Å²) in [6.45, 7) is 27.9. The number of benzene rings is 1. The fourth-order valence-electron chi connectivity index (χ4n) is 5.97. The first-order valence-electron chi connectivity index (χ1n) is 15.7. The zero-order chi connectivity index (χ0) is 30.2. The van der Waals surface area contributed by atoms with Gasteiger partial charge in [0.1, 0.15) is 11.2 Å². The number of rotatable bonds is 17. The number of carbonyl (C=O) groups is 1. The Morgan fingerprint density at radius 1 is 0.795 bits per heavy atom. The van der Waals surface area contributed by atoms with Gasteiger partial charge in [0.25, 0.3) is 0 Å². The summed E-state index contributed by atoms with van der Waals surface area (Å²) in [4.78, 5) is 27.0. The van der Waals surface area contributed by atoms with Gasteiger partial charge in [-0.25, -0.2) is 9.78 Å². The highest BCUT2D eigenvalue weighted by atomic mass is 17.2. The van der Waals surface area contributed by atoms with E-state index in [-0.39, 0.29) is 23.0 Å². The number of carbonyl (C=O) groups excluding carboxylic acids is 1. The Morgan fingerprint density at radius 2 is 1.23 bits per heavy atom. The number of aliphatic hydroxyl groups is 1. The van der Waals surface area contributed by atoms with Crippen molar-refractivity contribution in [2.75, 3.05) is 0 Å². The van der Waals surface area contributed by atoms with Crippen LogP contribution in [0, 0.1) is 5.41 Å². The zero-order valence-electron chi connectivity index (χ0n) is 27.8. The van der Waals surface area contributed by atoms with Gasteiger partial charge in [-0.2, -0.15) is 0 Å². The van der Waals surface area contributed by atoms with Gasteiger partial charge in [0.05, 0.1) is 5.60 Å². The first kappa shape index (κ1) is 35.8. The highest BCUT2D eigenvalue weighted by molar-refractivity contribution is 6.05. The minimum absolute atomic E-state index is 0.106. The van der Waals surface area contributed by atoms with E-state index in [4.69, 9.17) is 9.78 Å². The van der Waals surface area contributed by atoms with E-state index in [0.717, 1.165) is 61.6 Å². The van der Waals surface area contributed by atoms with Gasteiger partial charge in [-0.05, 0) is 79.9 Å². The second-order valence-corrected chi connectivity index (χ2v) is 14.3. The Balaban J connectivity index is 3.76. The molecule has 1 aromatic carbocycles. The zero-order valence-corrected chi connectivity index (χ0v) is 27.8. The maximum Gasteiger partial charge on any atom is 0.194 e. The van der Waals surface area contributed by atoms with Crippen LogP contribution in [0.1, 0.15) is 187 Å². The van der Waals surface area contributed by atoms with Crippen molar-refractivity contribution in [2.45, 2.75) is 176 Å². The Labute approximate surface area is 241 Å². The summed E-state index contributed by atoms with van der Waals surface area (Å²) in [6.07, 6.45) is 6.94. The van der Waals surface area contributed by atoms with Crippen molar-refractivity contribution in [3.63, 3.8) is 0 Å². The summed E-state index contributed by atoms with van der Waals surface area (Å²) in [5.74, 6) is 0.130. The third-order valence-electron chi connectivity index (χ3n) is 8.03. The molecule has 4 heteroatoms. The number of Topliss-reactive ketones (excluding diaryl/α,β-unsaturated/α-hetero) is 1. The molecule has 4 nitrogen and oxygen atoms in total. The van der Waals surface area contributed by atoms with E-state index >= 15 is 0 Å². The van der Waals surface area contributed by atoms with Crippen molar-refractivity contribution >= 4 is 5.78 Å². The van der Waals surface area contributed by atoms with Crippen LogP contribution < -0.4 is 0 Å². The summed E-state index contributed by atoms with van der Waals surface area (Å²) in [7, 11) is 0. The van der Waals surface area contributed by atoms with Crippen LogP contribution in [-0.2, 0) is 15.4 Å². The van der Waals surface area contributed by atoms with Crippen LogP contribution in [0.2, 0.25) is 0 Å². The molecule has 0 aliphatic carbocycles. The SMILES string of the molecule is CCCCC(O)(CCCC)C(=O)c1c(C(C)C)cc(C(CC)(CC)OOC(C)(C)CC(C)(C)C)cc1C(C)C. The minimum atomic E-state index is -1.33. The van der Waals surface area contributed by atoms with E-state index in [1.54, 1.807) is 0 Å². The van der Waals surface area contributed by atoms with E-state index < -0.39 is 16.8 Å². The summed E-state index contributed by atoms with van der Waals surface area (Å²) in [6, 6.07) is 4.33. The largest absolute Gasteiger partial charge is 0.382 e. The lowest BCUT2D eigenvalue weighted by Crippen LogP contribution is -2.40. The third-order valence-corrected chi connectivity index (χ3v) is 8.03. The van der Waals surface area contributed by atoms with E-state index in [9.17, 15) is 9.90 Å². The molecule has 0 heterocycles. The molecule has 0 amide bonds. The number of hydrogen-bond acceptors (Lipinski definition) is 4. The standard InChI is InChI=1S/C35H62O4/c1-14-18-20-34(37,21-19-15-2)31(36)30-28(25(5)6)22-27(23-29(30)26(7)8)35(16-3,17-4)39-38-33(12,13)24-32(9,10)11/h22-23,25-26,37H,14-21,24H2,1-13H3. The van der Waals surface area contributed by atoms with Crippen LogP contribution in [0.5, 0.6) is 0 Å². The highest BCUT2D eigenvalue weighted by Gasteiger charge is 2.41. The molecule has 39 heavy (non-hydrogen) atoms. The maximum absolute atomic E-state index is 14.3. The van der Waals surface area contributed by atoms with Gasteiger partial charge in [0, 0.05) is 5.56 Å². The van der Waals surface area contributed by atoms with Crippen molar-refractivity contribution in [2.24, 2.45) is 5.41 Å². The molecule has 0 radical (unpaired) electrons. The minimum Gasteiger partial charge on any atom is -0.382 e. The average molecular weight is 547 g/mol. The number of hydrogen-bond donors (Lipinski definition) is 1.